The van der Waals surface area contributed by atoms with Gasteiger partial charge in [-0.2, -0.15) is 5.10 Å². The summed E-state index contributed by atoms with van der Waals surface area (Å²) in [5, 5.41) is 14.5. The summed E-state index contributed by atoms with van der Waals surface area (Å²) in [6.45, 7) is 0. The average Bonchev–Trinajstić information content (AvgIpc) is 2.98. The molecule has 0 bridgehead atoms. The number of nitrogens with zero attached hydrogens (tertiary/aromatic N) is 2. The number of benzene rings is 2. The predicted octanol–water partition coefficient (Wildman–Crippen LogP) is 5.19. The van der Waals surface area contributed by atoms with Crippen molar-refractivity contribution < 1.29 is 31.4 Å². The maximum atomic E-state index is 14.2. The highest BCUT2D eigenvalue weighted by Crippen LogP contribution is 2.49. The van der Waals surface area contributed by atoms with Crippen LogP contribution in [0.15, 0.2) is 29.4 Å². The Hall–Kier alpha value is -1.68. The van der Waals surface area contributed by atoms with Gasteiger partial charge in [-0.25, -0.2) is 31.4 Å². The molecule has 0 saturated carbocycles. The molecule has 12 heteroatoms. The Morgan fingerprint density at radius 1 is 0.857 bits per heavy atom. The van der Waals surface area contributed by atoms with E-state index in [-0.39, 0.29) is 16.3 Å². The highest BCUT2D eigenvalue weighted by Gasteiger charge is 2.58. The number of alkyl halides is 3. The summed E-state index contributed by atoms with van der Waals surface area (Å²) in [5.41, 5.74) is -4.43. The minimum absolute atomic E-state index is 0.0228. The lowest BCUT2D eigenvalue weighted by molar-refractivity contribution is 0.0548. The maximum absolute atomic E-state index is 14.2. The first kappa shape index (κ1) is 21.0. The first-order chi connectivity index (χ1) is 12.9. The Kier molecular flexibility index (Phi) is 5.24. The third kappa shape index (κ3) is 3.20. The molecule has 1 N–H and O–H groups in total. The third-order valence-electron chi connectivity index (χ3n) is 4.01. The molecule has 1 heterocycles. The zero-order valence-corrected chi connectivity index (χ0v) is 15.5. The normalized spacial score (nSPS) is 19.9. The van der Waals surface area contributed by atoms with Crippen LogP contribution in [0.1, 0.15) is 12.0 Å². The Balaban J connectivity index is 2.25. The van der Waals surface area contributed by atoms with Crippen molar-refractivity contribution in [3.05, 3.63) is 64.7 Å². The van der Waals surface area contributed by atoms with Gasteiger partial charge in [0.05, 0.1) is 5.71 Å². The second-order valence-electron chi connectivity index (χ2n) is 5.78. The van der Waals surface area contributed by atoms with E-state index in [9.17, 15) is 31.4 Å². The van der Waals surface area contributed by atoms with Crippen LogP contribution in [0.2, 0.25) is 0 Å². The second-order valence-corrected chi connectivity index (χ2v) is 8.06. The summed E-state index contributed by atoms with van der Waals surface area (Å²) in [5.74, 6) is -12.1. The Bertz CT molecular complexity index is 951. The molecule has 3 rings (SSSR count). The van der Waals surface area contributed by atoms with Gasteiger partial charge in [0.1, 0.15) is 11.5 Å². The number of hydrogen-bond donors (Lipinski definition) is 1. The molecule has 1 aliphatic heterocycles. The Labute approximate surface area is 168 Å². The fourth-order valence-electron chi connectivity index (χ4n) is 2.58. The van der Waals surface area contributed by atoms with E-state index in [4.69, 9.17) is 34.8 Å². The molecular formula is C16H7Cl3F6N2O. The SMILES string of the molecule is OC1(C(Cl)(Cl)Cl)CC(c2ccc(F)cc2)=NN1c1c(F)c(F)c(F)c(F)c1F. The van der Waals surface area contributed by atoms with Crippen molar-refractivity contribution in [2.75, 3.05) is 5.01 Å². The Morgan fingerprint density at radius 3 is 1.79 bits per heavy atom. The van der Waals surface area contributed by atoms with E-state index in [1.54, 1.807) is 0 Å². The molecule has 0 fully saturated rings. The van der Waals surface area contributed by atoms with Crippen LogP contribution in [0.3, 0.4) is 0 Å². The number of hydrogen-bond acceptors (Lipinski definition) is 3. The molecule has 0 aromatic heterocycles. The van der Waals surface area contributed by atoms with E-state index in [2.05, 4.69) is 5.10 Å². The zero-order chi connectivity index (χ0) is 21.0. The first-order valence-electron chi connectivity index (χ1n) is 7.32. The van der Waals surface area contributed by atoms with Gasteiger partial charge < -0.3 is 5.11 Å². The lowest BCUT2D eigenvalue weighted by Gasteiger charge is -2.37. The molecule has 3 nitrogen and oxygen atoms in total. The molecule has 150 valence electrons. The van der Waals surface area contributed by atoms with Crippen molar-refractivity contribution >= 4 is 46.2 Å². The fraction of sp³-hybridized carbons (Fsp3) is 0.188. The van der Waals surface area contributed by atoms with E-state index >= 15 is 0 Å². The fourth-order valence-corrected chi connectivity index (χ4v) is 3.02. The lowest BCUT2D eigenvalue weighted by Crippen LogP contribution is -2.54. The van der Waals surface area contributed by atoms with E-state index in [1.807, 2.05) is 0 Å². The van der Waals surface area contributed by atoms with Gasteiger partial charge in [0.25, 0.3) is 0 Å². The third-order valence-corrected chi connectivity index (χ3v) is 4.92. The molecule has 0 amide bonds. The summed E-state index contributed by atoms with van der Waals surface area (Å²) < 4.78 is 79.5. The molecular weight excluding hydrogens is 457 g/mol. The molecule has 2 aromatic rings. The van der Waals surface area contributed by atoms with Gasteiger partial charge in [0.15, 0.2) is 23.3 Å². The van der Waals surface area contributed by atoms with Gasteiger partial charge in [0, 0.05) is 6.42 Å². The van der Waals surface area contributed by atoms with Gasteiger partial charge in [0.2, 0.25) is 15.3 Å². The van der Waals surface area contributed by atoms with Crippen molar-refractivity contribution in [3.63, 3.8) is 0 Å². The highest BCUT2D eigenvalue weighted by atomic mass is 35.6. The largest absolute Gasteiger partial charge is 0.365 e. The van der Waals surface area contributed by atoms with Crippen molar-refractivity contribution in [1.82, 2.24) is 0 Å². The van der Waals surface area contributed by atoms with Gasteiger partial charge in [-0.1, -0.05) is 46.9 Å². The molecule has 1 aliphatic rings. The van der Waals surface area contributed by atoms with Crippen molar-refractivity contribution in [1.29, 1.82) is 0 Å². The molecule has 0 aliphatic carbocycles. The summed E-state index contributed by atoms with van der Waals surface area (Å²) >= 11 is 17.2. The van der Waals surface area contributed by atoms with Gasteiger partial charge >= 0.3 is 0 Å². The van der Waals surface area contributed by atoms with Crippen LogP contribution in [0.4, 0.5) is 32.0 Å². The second kappa shape index (κ2) is 6.98. The topological polar surface area (TPSA) is 35.8 Å². The zero-order valence-electron chi connectivity index (χ0n) is 13.3. The summed E-state index contributed by atoms with van der Waals surface area (Å²) in [7, 11) is 0. The van der Waals surface area contributed by atoms with Crippen LogP contribution in [0, 0.1) is 34.9 Å². The number of aliphatic hydroxyl groups is 1. The van der Waals surface area contributed by atoms with Crippen LogP contribution >= 0.6 is 34.8 Å². The molecule has 28 heavy (non-hydrogen) atoms. The van der Waals surface area contributed by atoms with Gasteiger partial charge in [-0.05, 0) is 17.7 Å². The quantitative estimate of drug-likeness (QED) is 0.288. The number of halogens is 9. The van der Waals surface area contributed by atoms with E-state index in [0.29, 0.717) is 0 Å². The average molecular weight is 464 g/mol. The summed E-state index contributed by atoms with van der Waals surface area (Å²) in [6, 6.07) is 4.45. The standard InChI is InChI=1S/C16H7Cl3F6N2O/c17-16(18,19)15(28)5-8(6-1-3-7(20)4-2-6)26-27(15)14-12(24)10(22)9(21)11(23)13(14)25/h1-4,28H,5H2. The molecule has 0 spiro atoms. The number of anilines is 1. The molecule has 1 atom stereocenters. The van der Waals surface area contributed by atoms with Crippen LogP contribution < -0.4 is 5.01 Å². The van der Waals surface area contributed by atoms with Crippen molar-refractivity contribution in [2.24, 2.45) is 5.10 Å². The Morgan fingerprint density at radius 2 is 1.32 bits per heavy atom. The van der Waals surface area contributed by atoms with Crippen LogP contribution in [0.5, 0.6) is 0 Å². The van der Waals surface area contributed by atoms with Gasteiger partial charge in [-0.3, -0.25) is 0 Å². The molecule has 2 aromatic carbocycles. The highest BCUT2D eigenvalue weighted by molar-refractivity contribution is 6.68. The van der Waals surface area contributed by atoms with E-state index < -0.39 is 56.5 Å². The minimum atomic E-state index is -2.82. The van der Waals surface area contributed by atoms with Crippen molar-refractivity contribution in [3.8, 4) is 0 Å². The summed E-state index contributed by atoms with van der Waals surface area (Å²) in [6.07, 6.45) is -0.686. The monoisotopic (exact) mass is 462 g/mol. The van der Waals surface area contributed by atoms with Crippen molar-refractivity contribution in [2.45, 2.75) is 15.9 Å². The molecule has 1 unspecified atom stereocenters. The first-order valence-corrected chi connectivity index (χ1v) is 8.46. The van der Waals surface area contributed by atoms with Crippen LogP contribution in [-0.2, 0) is 0 Å². The molecule has 0 radical (unpaired) electrons. The van der Waals surface area contributed by atoms with Crippen LogP contribution in [0.25, 0.3) is 0 Å². The predicted molar refractivity (Wildman–Crippen MR) is 91.5 cm³/mol. The smallest absolute Gasteiger partial charge is 0.239 e. The lowest BCUT2D eigenvalue weighted by atomic mass is 10.0. The van der Waals surface area contributed by atoms with E-state index in [0.717, 1.165) is 12.1 Å². The number of hydrazone groups is 1. The molecule has 0 saturated heterocycles. The van der Waals surface area contributed by atoms with Gasteiger partial charge in [-0.15, -0.1) is 0 Å². The maximum Gasteiger partial charge on any atom is 0.239 e. The minimum Gasteiger partial charge on any atom is -0.365 e. The summed E-state index contributed by atoms with van der Waals surface area (Å²) in [4.78, 5) is 0. The van der Waals surface area contributed by atoms with E-state index in [1.165, 1.54) is 12.1 Å². The van der Waals surface area contributed by atoms with Crippen LogP contribution in [-0.4, -0.2) is 20.3 Å². The number of rotatable bonds is 2.